The van der Waals surface area contributed by atoms with Gasteiger partial charge in [-0.15, -0.1) is 0 Å². The van der Waals surface area contributed by atoms with E-state index in [2.05, 4.69) is 80.7 Å². The number of unbranched alkanes of at least 4 members (excludes halogenated alkanes) is 20. The maximum Gasteiger partial charge on any atom is 0.472 e. The molecule has 0 rings (SSSR count). The Morgan fingerprint density at radius 2 is 0.909 bits per heavy atom. The molecule has 0 bridgehead atoms. The molecule has 0 aliphatic rings. The first kappa shape index (κ1) is 63.2. The minimum absolute atomic E-state index is 0.00553. The largest absolute Gasteiger partial charge is 0.472 e. The SMILES string of the molecule is CC/C=C\C/C=C\C/C=C\C/C=C\C/C=C\CC(=O)OC(COC(=O)CCCCCCCCCCCCCCCCC/C=C\C/C=C\CCCCCCC)COP(=O)(O)OCC[N+](C)(C)C. The minimum Gasteiger partial charge on any atom is -0.462 e. The van der Waals surface area contributed by atoms with Crippen LogP contribution in [0.5, 0.6) is 0 Å². The molecule has 0 aliphatic heterocycles. The minimum atomic E-state index is -4.41. The van der Waals surface area contributed by atoms with Crippen molar-refractivity contribution >= 4 is 19.8 Å². The van der Waals surface area contributed by atoms with Gasteiger partial charge in [-0.05, 0) is 70.6 Å². The Hall–Kier alpha value is -2.81. The lowest BCUT2D eigenvalue weighted by Gasteiger charge is -2.24. The number of carbonyl (C=O) groups is 2. The van der Waals surface area contributed by atoms with Crippen LogP contribution in [-0.4, -0.2) is 74.9 Å². The summed E-state index contributed by atoms with van der Waals surface area (Å²) in [6.45, 7) is 4.19. The van der Waals surface area contributed by atoms with Crippen LogP contribution >= 0.6 is 7.82 Å². The van der Waals surface area contributed by atoms with Gasteiger partial charge in [0.05, 0.1) is 34.2 Å². The van der Waals surface area contributed by atoms with Crippen molar-refractivity contribution in [2.75, 3.05) is 47.5 Å². The fourth-order valence-electron chi connectivity index (χ4n) is 6.89. The van der Waals surface area contributed by atoms with E-state index < -0.39 is 32.5 Å². The third kappa shape index (κ3) is 50.6. The Morgan fingerprint density at radius 3 is 1.36 bits per heavy atom. The molecule has 380 valence electrons. The summed E-state index contributed by atoms with van der Waals surface area (Å²) in [7, 11) is 1.41. The number of nitrogens with zero attached hydrogens (tertiary/aromatic N) is 1. The number of allylic oxidation sites excluding steroid dienone is 13. The van der Waals surface area contributed by atoms with Crippen LogP contribution in [0.1, 0.15) is 206 Å². The molecule has 2 unspecified atom stereocenters. The predicted octanol–water partition coefficient (Wildman–Crippen LogP) is 15.9. The van der Waals surface area contributed by atoms with Crippen LogP contribution in [-0.2, 0) is 32.7 Å². The van der Waals surface area contributed by atoms with Crippen LogP contribution in [0.2, 0.25) is 0 Å². The van der Waals surface area contributed by atoms with Gasteiger partial charge in [0.15, 0.2) is 6.10 Å². The van der Waals surface area contributed by atoms with Gasteiger partial charge in [0.2, 0.25) is 0 Å². The van der Waals surface area contributed by atoms with Crippen LogP contribution in [0.15, 0.2) is 85.1 Å². The van der Waals surface area contributed by atoms with Gasteiger partial charge in [0.1, 0.15) is 19.8 Å². The molecule has 0 aromatic rings. The molecule has 0 aromatic carbocycles. The fourth-order valence-corrected chi connectivity index (χ4v) is 7.63. The predicted molar refractivity (Wildman–Crippen MR) is 279 cm³/mol. The number of phosphoric acid groups is 1. The smallest absolute Gasteiger partial charge is 0.462 e. The van der Waals surface area contributed by atoms with Crippen LogP contribution in [0.3, 0.4) is 0 Å². The van der Waals surface area contributed by atoms with Crippen LogP contribution < -0.4 is 0 Å². The monoisotopic (exact) mass is 945 g/mol. The Morgan fingerprint density at radius 1 is 0.500 bits per heavy atom. The lowest BCUT2D eigenvalue weighted by atomic mass is 10.0. The first-order valence-electron chi connectivity index (χ1n) is 26.3. The summed E-state index contributed by atoms with van der Waals surface area (Å²) in [5.41, 5.74) is 0. The molecule has 66 heavy (non-hydrogen) atoms. The Kier molecular flexibility index (Phi) is 45.3. The number of hydrogen-bond acceptors (Lipinski definition) is 7. The lowest BCUT2D eigenvalue weighted by molar-refractivity contribution is -0.870. The lowest BCUT2D eigenvalue weighted by Crippen LogP contribution is -2.37. The number of rotatable bonds is 47. The Bertz CT molecular complexity index is 1390. The summed E-state index contributed by atoms with van der Waals surface area (Å²) < 4.78 is 34.3. The van der Waals surface area contributed by atoms with Gasteiger partial charge in [-0.3, -0.25) is 18.6 Å². The zero-order valence-electron chi connectivity index (χ0n) is 42.9. The highest BCUT2D eigenvalue weighted by atomic mass is 31.2. The van der Waals surface area contributed by atoms with Crippen molar-refractivity contribution in [3.63, 3.8) is 0 Å². The van der Waals surface area contributed by atoms with Crippen molar-refractivity contribution < 1.29 is 42.1 Å². The molecule has 0 aromatic heterocycles. The standard InChI is InChI=1S/C56H98NO8P/c1-6-8-10-12-14-16-18-20-22-23-24-25-26-27-28-29-30-31-32-33-35-36-38-40-42-44-46-48-55(58)62-52-54(53-64-66(60,61)63-51-50-57(3,4)5)65-56(59)49-47-45-43-41-39-37-34-21-19-17-15-13-11-9-7-2/h9,11,15,17-18,20-21,23-24,34,39,41,45,47,54H,6-8,10,12-14,16,19,22,25-33,35-38,40,42-44,46,48-53H2,1-5H3/p+1/b11-9-,17-15-,20-18-,24-23-,34-21-,41-39-,47-45-. The van der Waals surface area contributed by atoms with E-state index in [9.17, 15) is 19.0 Å². The molecule has 0 radical (unpaired) electrons. The molecule has 1 N–H and O–H groups in total. The third-order valence-corrected chi connectivity index (χ3v) is 11.9. The third-order valence-electron chi connectivity index (χ3n) is 10.9. The molecule has 0 fully saturated rings. The summed E-state index contributed by atoms with van der Waals surface area (Å²) in [6.07, 6.45) is 62.6. The highest BCUT2D eigenvalue weighted by molar-refractivity contribution is 7.47. The van der Waals surface area contributed by atoms with Gasteiger partial charge in [-0.1, -0.05) is 208 Å². The average molecular weight is 945 g/mol. The second-order valence-electron chi connectivity index (χ2n) is 18.5. The number of ether oxygens (including phenoxy) is 2. The van der Waals surface area contributed by atoms with E-state index in [0.717, 1.165) is 51.4 Å². The van der Waals surface area contributed by atoms with E-state index in [0.29, 0.717) is 17.4 Å². The van der Waals surface area contributed by atoms with Crippen LogP contribution in [0.4, 0.5) is 0 Å². The van der Waals surface area contributed by atoms with Crippen molar-refractivity contribution in [1.29, 1.82) is 0 Å². The van der Waals surface area contributed by atoms with Crippen molar-refractivity contribution in [2.45, 2.75) is 213 Å². The summed E-state index contributed by atoms with van der Waals surface area (Å²) in [6, 6.07) is 0. The number of likely N-dealkylation sites (N-methyl/N-ethyl adjacent to an activating group) is 1. The summed E-state index contributed by atoms with van der Waals surface area (Å²) in [5.74, 6) is -0.947. The van der Waals surface area contributed by atoms with E-state index in [-0.39, 0.29) is 26.1 Å². The van der Waals surface area contributed by atoms with E-state index in [1.807, 2.05) is 33.3 Å². The molecular weight excluding hydrogens is 846 g/mol. The summed E-state index contributed by atoms with van der Waals surface area (Å²) >= 11 is 0. The van der Waals surface area contributed by atoms with Crippen LogP contribution in [0.25, 0.3) is 0 Å². The highest BCUT2D eigenvalue weighted by Gasteiger charge is 2.27. The topological polar surface area (TPSA) is 108 Å². The second kappa shape index (κ2) is 47.3. The van der Waals surface area contributed by atoms with Gasteiger partial charge in [-0.25, -0.2) is 4.57 Å². The zero-order chi connectivity index (χ0) is 48.5. The molecule has 0 spiro atoms. The normalized spacial score (nSPS) is 14.1. The molecule has 2 atom stereocenters. The Labute approximate surface area is 405 Å². The number of hydrogen-bond donors (Lipinski definition) is 1. The van der Waals surface area contributed by atoms with Gasteiger partial charge in [0.25, 0.3) is 0 Å². The van der Waals surface area contributed by atoms with Gasteiger partial charge in [0, 0.05) is 6.42 Å². The maximum absolute atomic E-state index is 12.7. The van der Waals surface area contributed by atoms with E-state index >= 15 is 0 Å². The van der Waals surface area contributed by atoms with Gasteiger partial charge in [-0.2, -0.15) is 0 Å². The van der Waals surface area contributed by atoms with E-state index in [1.54, 1.807) is 6.08 Å². The van der Waals surface area contributed by atoms with E-state index in [1.165, 1.54) is 122 Å². The summed E-state index contributed by atoms with van der Waals surface area (Å²) in [4.78, 5) is 35.5. The molecule has 9 nitrogen and oxygen atoms in total. The maximum atomic E-state index is 12.7. The highest BCUT2D eigenvalue weighted by Crippen LogP contribution is 2.43. The fraction of sp³-hybridized carbons (Fsp3) is 0.714. The quantitative estimate of drug-likeness (QED) is 0.0211. The molecule has 0 aliphatic carbocycles. The van der Waals surface area contributed by atoms with Crippen molar-refractivity contribution in [3.8, 4) is 0 Å². The average Bonchev–Trinajstić information content (AvgIpc) is 3.27. The number of phosphoric ester groups is 1. The molecule has 10 heteroatoms. The van der Waals surface area contributed by atoms with Crippen molar-refractivity contribution in [3.05, 3.63) is 85.1 Å². The first-order valence-corrected chi connectivity index (χ1v) is 27.8. The molecular formula is C56H99NO8P+. The number of quaternary nitrogens is 1. The number of carbonyl (C=O) groups excluding carboxylic acids is 2. The zero-order valence-corrected chi connectivity index (χ0v) is 43.8. The van der Waals surface area contributed by atoms with Gasteiger partial charge < -0.3 is 18.9 Å². The molecule has 0 saturated carbocycles. The van der Waals surface area contributed by atoms with Gasteiger partial charge >= 0.3 is 19.8 Å². The molecule has 0 saturated heterocycles. The van der Waals surface area contributed by atoms with E-state index in [4.69, 9.17) is 18.5 Å². The van der Waals surface area contributed by atoms with Crippen LogP contribution in [0, 0.1) is 0 Å². The van der Waals surface area contributed by atoms with Crippen molar-refractivity contribution in [1.82, 2.24) is 0 Å². The molecule has 0 heterocycles. The summed E-state index contributed by atoms with van der Waals surface area (Å²) in [5, 5.41) is 0. The first-order chi connectivity index (χ1) is 32.0. The second-order valence-corrected chi connectivity index (χ2v) is 20.0. The number of esters is 2. The molecule has 0 amide bonds. The Balaban J connectivity index is 4.22. The van der Waals surface area contributed by atoms with Crippen molar-refractivity contribution in [2.24, 2.45) is 0 Å².